The first kappa shape index (κ1) is 17.2. The molecule has 2 rings (SSSR count). The van der Waals surface area contributed by atoms with E-state index in [-0.39, 0.29) is 13.2 Å². The van der Waals surface area contributed by atoms with E-state index >= 15 is 0 Å². The highest BCUT2D eigenvalue weighted by Gasteiger charge is 2.14. The minimum Gasteiger partial charge on any atom is -0.366 e. The highest BCUT2D eigenvalue weighted by Crippen LogP contribution is 2.11. The van der Waals surface area contributed by atoms with Crippen molar-refractivity contribution >= 4 is 0 Å². The Balaban J connectivity index is 1.97. The Morgan fingerprint density at radius 2 is 1.48 bits per heavy atom. The van der Waals surface area contributed by atoms with E-state index in [4.69, 9.17) is 11.2 Å². The van der Waals surface area contributed by atoms with Crippen molar-refractivity contribution in [1.82, 2.24) is 4.90 Å². The summed E-state index contributed by atoms with van der Waals surface area (Å²) in [5.41, 5.74) is 2.33. The number of alkyl halides is 1. The van der Waals surface area contributed by atoms with Gasteiger partial charge in [0.2, 0.25) is 0 Å². The van der Waals surface area contributed by atoms with Crippen molar-refractivity contribution < 1.29 is 9.13 Å². The van der Waals surface area contributed by atoms with E-state index < -0.39 is 6.17 Å². The van der Waals surface area contributed by atoms with Crippen molar-refractivity contribution in [3.05, 3.63) is 71.8 Å². The highest BCUT2D eigenvalue weighted by atomic mass is 19.1. The van der Waals surface area contributed by atoms with Gasteiger partial charge in [-0.3, -0.25) is 4.90 Å². The van der Waals surface area contributed by atoms with Crippen molar-refractivity contribution in [3.63, 3.8) is 0 Å². The van der Waals surface area contributed by atoms with Crippen LogP contribution >= 0.6 is 0 Å². The molecule has 0 bridgehead atoms. The lowest BCUT2D eigenvalue weighted by molar-refractivity contribution is 0.0741. The molecule has 0 aliphatic rings. The minimum atomic E-state index is -1.06. The van der Waals surface area contributed by atoms with E-state index in [1.165, 1.54) is 11.1 Å². The third kappa shape index (κ3) is 6.65. The zero-order chi connectivity index (χ0) is 16.3. The van der Waals surface area contributed by atoms with Crippen LogP contribution in [0.3, 0.4) is 0 Å². The van der Waals surface area contributed by atoms with Crippen molar-refractivity contribution in [2.75, 3.05) is 19.8 Å². The summed E-state index contributed by atoms with van der Waals surface area (Å²) in [5, 5.41) is 0. The van der Waals surface area contributed by atoms with Crippen LogP contribution < -0.4 is 0 Å². The summed E-state index contributed by atoms with van der Waals surface area (Å²) in [4.78, 5) is 2.09. The maximum atomic E-state index is 14.1. The lowest BCUT2D eigenvalue weighted by Crippen LogP contribution is -2.32. The first-order valence-corrected chi connectivity index (χ1v) is 7.73. The fourth-order valence-electron chi connectivity index (χ4n) is 2.45. The molecule has 0 spiro atoms. The smallest absolute Gasteiger partial charge is 0.136 e. The molecule has 1 unspecified atom stereocenters. The molecule has 2 nitrogen and oxygen atoms in total. The number of rotatable bonds is 9. The molecule has 0 aliphatic heterocycles. The average molecular weight is 311 g/mol. The standard InChI is InChI=1S/C20H22FNO/c1-2-13-23-17-20(21)16-22(14-18-9-5-3-6-10-18)15-19-11-7-4-8-12-19/h1,3-12,20H,13-17H2. The summed E-state index contributed by atoms with van der Waals surface area (Å²) >= 11 is 0. The normalized spacial score (nSPS) is 12.0. The van der Waals surface area contributed by atoms with Gasteiger partial charge in [0.15, 0.2) is 0 Å². The number of halogens is 1. The van der Waals surface area contributed by atoms with E-state index in [0.29, 0.717) is 19.6 Å². The molecule has 0 saturated heterocycles. The van der Waals surface area contributed by atoms with Crippen LogP contribution in [-0.4, -0.2) is 30.8 Å². The second kappa shape index (κ2) is 9.78. The predicted octanol–water partition coefficient (Wildman–Crippen LogP) is 3.68. The quantitative estimate of drug-likeness (QED) is 0.517. The van der Waals surface area contributed by atoms with Crippen LogP contribution in [0.25, 0.3) is 0 Å². The summed E-state index contributed by atoms with van der Waals surface area (Å²) in [6.07, 6.45) is 4.05. The fraction of sp³-hybridized carbons (Fsp3) is 0.300. The van der Waals surface area contributed by atoms with E-state index in [2.05, 4.69) is 35.1 Å². The van der Waals surface area contributed by atoms with Crippen LogP contribution in [0.1, 0.15) is 11.1 Å². The summed E-state index contributed by atoms with van der Waals surface area (Å²) in [7, 11) is 0. The van der Waals surface area contributed by atoms with Gasteiger partial charge < -0.3 is 4.74 Å². The Morgan fingerprint density at radius 3 is 1.96 bits per heavy atom. The molecular formula is C20H22FNO. The van der Waals surface area contributed by atoms with Crippen LogP contribution in [-0.2, 0) is 17.8 Å². The Kier molecular flexibility index (Phi) is 7.32. The number of terminal acetylenes is 1. The van der Waals surface area contributed by atoms with Gasteiger partial charge in [-0.25, -0.2) is 4.39 Å². The molecule has 120 valence electrons. The van der Waals surface area contributed by atoms with Crippen molar-refractivity contribution in [2.45, 2.75) is 19.3 Å². The molecule has 0 fully saturated rings. The van der Waals surface area contributed by atoms with Crippen LogP contribution in [0.5, 0.6) is 0 Å². The Labute approximate surface area is 137 Å². The molecule has 0 radical (unpaired) electrons. The van der Waals surface area contributed by atoms with Gasteiger partial charge in [-0.15, -0.1) is 6.42 Å². The summed E-state index contributed by atoms with van der Waals surface area (Å²) in [5.74, 6) is 2.35. The SMILES string of the molecule is C#CCOCC(F)CN(Cc1ccccc1)Cc1ccccc1. The van der Waals surface area contributed by atoms with E-state index in [1.54, 1.807) is 0 Å². The third-order valence-corrected chi connectivity index (χ3v) is 3.44. The van der Waals surface area contributed by atoms with E-state index in [9.17, 15) is 4.39 Å². The topological polar surface area (TPSA) is 12.5 Å². The van der Waals surface area contributed by atoms with Crippen molar-refractivity contribution in [1.29, 1.82) is 0 Å². The molecule has 3 heteroatoms. The third-order valence-electron chi connectivity index (χ3n) is 3.44. The lowest BCUT2D eigenvalue weighted by atomic mass is 10.1. The van der Waals surface area contributed by atoms with E-state index in [0.717, 1.165) is 0 Å². The zero-order valence-corrected chi connectivity index (χ0v) is 13.2. The van der Waals surface area contributed by atoms with Gasteiger partial charge in [-0.05, 0) is 11.1 Å². The predicted molar refractivity (Wildman–Crippen MR) is 91.5 cm³/mol. The first-order valence-electron chi connectivity index (χ1n) is 7.73. The second-order valence-electron chi connectivity index (χ2n) is 5.46. The molecule has 0 saturated carbocycles. The van der Waals surface area contributed by atoms with Gasteiger partial charge in [-0.2, -0.15) is 0 Å². The molecule has 0 N–H and O–H groups in total. The molecule has 2 aromatic rings. The van der Waals surface area contributed by atoms with Gasteiger partial charge in [-0.1, -0.05) is 66.6 Å². The molecule has 2 aromatic carbocycles. The van der Waals surface area contributed by atoms with Crippen molar-refractivity contribution in [2.24, 2.45) is 0 Å². The van der Waals surface area contributed by atoms with Crippen LogP contribution in [0.4, 0.5) is 4.39 Å². The number of ether oxygens (including phenoxy) is 1. The minimum absolute atomic E-state index is 0.0320. The van der Waals surface area contributed by atoms with Gasteiger partial charge in [0.05, 0.1) is 6.61 Å². The van der Waals surface area contributed by atoms with Gasteiger partial charge in [0.1, 0.15) is 12.8 Å². The van der Waals surface area contributed by atoms with E-state index in [1.807, 2.05) is 36.4 Å². The van der Waals surface area contributed by atoms with Gasteiger partial charge in [0.25, 0.3) is 0 Å². The number of benzene rings is 2. The lowest BCUT2D eigenvalue weighted by Gasteiger charge is -2.24. The molecule has 0 heterocycles. The molecule has 0 amide bonds. The highest BCUT2D eigenvalue weighted by molar-refractivity contribution is 5.17. The maximum absolute atomic E-state index is 14.1. The monoisotopic (exact) mass is 311 g/mol. The Hall–Kier alpha value is -2.15. The molecule has 0 aliphatic carbocycles. The summed E-state index contributed by atoms with van der Waals surface area (Å²) in [6.45, 7) is 1.90. The van der Waals surface area contributed by atoms with Gasteiger partial charge in [0, 0.05) is 19.6 Å². The largest absolute Gasteiger partial charge is 0.366 e. The fourth-order valence-corrected chi connectivity index (χ4v) is 2.45. The van der Waals surface area contributed by atoms with Crippen molar-refractivity contribution in [3.8, 4) is 12.3 Å². The molecule has 23 heavy (non-hydrogen) atoms. The molecular weight excluding hydrogens is 289 g/mol. The molecule has 1 atom stereocenters. The number of nitrogens with zero attached hydrogens (tertiary/aromatic N) is 1. The Morgan fingerprint density at radius 1 is 0.957 bits per heavy atom. The zero-order valence-electron chi connectivity index (χ0n) is 13.2. The molecule has 0 aromatic heterocycles. The van der Waals surface area contributed by atoms with Gasteiger partial charge >= 0.3 is 0 Å². The summed E-state index contributed by atoms with van der Waals surface area (Å²) < 4.78 is 19.3. The van der Waals surface area contributed by atoms with Crippen LogP contribution in [0, 0.1) is 12.3 Å². The average Bonchev–Trinajstić information content (AvgIpc) is 2.57. The summed E-state index contributed by atoms with van der Waals surface area (Å²) in [6, 6.07) is 20.2. The second-order valence-corrected chi connectivity index (χ2v) is 5.46. The maximum Gasteiger partial charge on any atom is 0.136 e. The Bertz CT molecular complexity index is 553. The van der Waals surface area contributed by atoms with Crippen LogP contribution in [0.15, 0.2) is 60.7 Å². The first-order chi connectivity index (χ1) is 11.3. The van der Waals surface area contributed by atoms with Crippen LogP contribution in [0.2, 0.25) is 0 Å². The number of hydrogen-bond acceptors (Lipinski definition) is 2. The number of hydrogen-bond donors (Lipinski definition) is 0.